The Morgan fingerprint density at radius 2 is 1.89 bits per heavy atom. The summed E-state index contributed by atoms with van der Waals surface area (Å²) in [5, 5.41) is 0.653. The van der Waals surface area contributed by atoms with Crippen LogP contribution in [0.4, 0.5) is 0 Å². The van der Waals surface area contributed by atoms with E-state index < -0.39 is 0 Å². The van der Waals surface area contributed by atoms with Crippen LogP contribution >= 0.6 is 11.6 Å². The molecular weight excluding hydrogens is 246 g/mol. The number of ketones is 1. The third-order valence-corrected chi connectivity index (χ3v) is 3.29. The number of halogens is 1. The van der Waals surface area contributed by atoms with Crippen molar-refractivity contribution in [3.05, 3.63) is 64.4 Å². The van der Waals surface area contributed by atoms with Crippen molar-refractivity contribution in [3.63, 3.8) is 0 Å². The normalized spacial score (nSPS) is 12.2. The molecule has 0 aliphatic heterocycles. The predicted octanol–water partition coefficient (Wildman–Crippen LogP) is 4.03. The van der Waals surface area contributed by atoms with Crippen LogP contribution in [0.2, 0.25) is 5.02 Å². The van der Waals surface area contributed by atoms with Gasteiger partial charge in [-0.05, 0) is 48.4 Å². The average molecular weight is 260 g/mol. The Kier molecular flexibility index (Phi) is 3.78. The molecule has 0 saturated heterocycles. The van der Waals surface area contributed by atoms with E-state index in [0.29, 0.717) is 5.02 Å². The molecule has 2 rings (SSSR count). The summed E-state index contributed by atoms with van der Waals surface area (Å²) < 4.78 is 0. The standard InChI is InChI=1S/C15H14ClNO/c1-10-9-13(16)3-4-14(10)15(18)11(2)12-5-7-17-8-6-12/h3-9,11H,1-2H3. The highest BCUT2D eigenvalue weighted by Crippen LogP contribution is 2.23. The van der Waals surface area contributed by atoms with Gasteiger partial charge in [0.05, 0.1) is 0 Å². The number of carbonyl (C=O) groups is 1. The van der Waals surface area contributed by atoms with Crippen molar-refractivity contribution in [2.24, 2.45) is 0 Å². The van der Waals surface area contributed by atoms with Gasteiger partial charge in [0.1, 0.15) is 0 Å². The van der Waals surface area contributed by atoms with Crippen molar-refractivity contribution in [2.45, 2.75) is 19.8 Å². The minimum Gasteiger partial charge on any atom is -0.293 e. The Morgan fingerprint density at radius 1 is 1.22 bits per heavy atom. The van der Waals surface area contributed by atoms with Crippen LogP contribution in [-0.2, 0) is 0 Å². The Bertz CT molecular complexity index is 566. The third kappa shape index (κ3) is 2.59. The molecule has 18 heavy (non-hydrogen) atoms. The van der Waals surface area contributed by atoms with Crippen molar-refractivity contribution in [3.8, 4) is 0 Å². The topological polar surface area (TPSA) is 30.0 Å². The number of benzene rings is 1. The van der Waals surface area contributed by atoms with Gasteiger partial charge in [0, 0.05) is 28.9 Å². The van der Waals surface area contributed by atoms with Gasteiger partial charge in [0.2, 0.25) is 0 Å². The fourth-order valence-corrected chi connectivity index (χ4v) is 2.17. The van der Waals surface area contributed by atoms with E-state index in [1.165, 1.54) is 0 Å². The van der Waals surface area contributed by atoms with E-state index in [4.69, 9.17) is 11.6 Å². The molecule has 0 fully saturated rings. The van der Waals surface area contributed by atoms with Crippen molar-refractivity contribution in [2.75, 3.05) is 0 Å². The first-order valence-electron chi connectivity index (χ1n) is 5.80. The van der Waals surface area contributed by atoms with Gasteiger partial charge in [-0.15, -0.1) is 0 Å². The average Bonchev–Trinajstić information content (AvgIpc) is 2.38. The molecule has 1 aromatic heterocycles. The second-order valence-electron chi connectivity index (χ2n) is 4.33. The Hall–Kier alpha value is -1.67. The van der Waals surface area contributed by atoms with Crippen LogP contribution in [0.3, 0.4) is 0 Å². The first-order chi connectivity index (χ1) is 8.59. The number of carbonyl (C=O) groups excluding carboxylic acids is 1. The summed E-state index contributed by atoms with van der Waals surface area (Å²) in [6, 6.07) is 9.09. The van der Waals surface area contributed by atoms with E-state index in [-0.39, 0.29) is 11.7 Å². The zero-order chi connectivity index (χ0) is 13.1. The van der Waals surface area contributed by atoms with Crippen molar-refractivity contribution in [1.82, 2.24) is 4.98 Å². The van der Waals surface area contributed by atoms with Gasteiger partial charge in [-0.2, -0.15) is 0 Å². The number of rotatable bonds is 3. The summed E-state index contributed by atoms with van der Waals surface area (Å²) in [7, 11) is 0. The molecule has 2 aromatic rings. The van der Waals surface area contributed by atoms with Crippen LogP contribution < -0.4 is 0 Å². The lowest BCUT2D eigenvalue weighted by Gasteiger charge is -2.12. The van der Waals surface area contributed by atoms with Crippen LogP contribution in [0.1, 0.15) is 34.3 Å². The van der Waals surface area contributed by atoms with E-state index in [2.05, 4.69) is 4.98 Å². The molecule has 1 heterocycles. The molecule has 0 bridgehead atoms. The fourth-order valence-electron chi connectivity index (χ4n) is 1.94. The zero-order valence-electron chi connectivity index (χ0n) is 10.4. The molecule has 1 aromatic carbocycles. The number of pyridine rings is 1. The zero-order valence-corrected chi connectivity index (χ0v) is 11.1. The largest absolute Gasteiger partial charge is 0.293 e. The van der Waals surface area contributed by atoms with Crippen molar-refractivity contribution in [1.29, 1.82) is 0 Å². The molecule has 1 atom stereocenters. The van der Waals surface area contributed by atoms with E-state index in [0.717, 1.165) is 16.7 Å². The van der Waals surface area contributed by atoms with Gasteiger partial charge in [-0.25, -0.2) is 0 Å². The summed E-state index contributed by atoms with van der Waals surface area (Å²) in [6.07, 6.45) is 3.40. The molecular formula is C15H14ClNO. The smallest absolute Gasteiger partial charge is 0.170 e. The van der Waals surface area contributed by atoms with Gasteiger partial charge in [-0.1, -0.05) is 18.5 Å². The van der Waals surface area contributed by atoms with Crippen molar-refractivity contribution >= 4 is 17.4 Å². The maximum Gasteiger partial charge on any atom is 0.170 e. The summed E-state index contributed by atoms with van der Waals surface area (Å²) in [4.78, 5) is 16.4. The molecule has 0 amide bonds. The van der Waals surface area contributed by atoms with Crippen LogP contribution in [-0.4, -0.2) is 10.8 Å². The van der Waals surface area contributed by atoms with Crippen LogP contribution in [0.25, 0.3) is 0 Å². The van der Waals surface area contributed by atoms with E-state index in [1.54, 1.807) is 24.5 Å². The van der Waals surface area contributed by atoms with Gasteiger partial charge >= 0.3 is 0 Å². The van der Waals surface area contributed by atoms with E-state index in [1.807, 2.05) is 32.0 Å². The number of hydrogen-bond acceptors (Lipinski definition) is 2. The highest BCUT2D eigenvalue weighted by atomic mass is 35.5. The first-order valence-corrected chi connectivity index (χ1v) is 6.17. The second kappa shape index (κ2) is 5.32. The molecule has 92 valence electrons. The van der Waals surface area contributed by atoms with E-state index in [9.17, 15) is 4.79 Å². The van der Waals surface area contributed by atoms with Crippen LogP contribution in [0, 0.1) is 6.92 Å². The maximum atomic E-state index is 12.4. The monoisotopic (exact) mass is 259 g/mol. The van der Waals surface area contributed by atoms with Gasteiger partial charge in [-0.3, -0.25) is 9.78 Å². The molecule has 1 unspecified atom stereocenters. The van der Waals surface area contributed by atoms with Gasteiger partial charge in [0.25, 0.3) is 0 Å². The second-order valence-corrected chi connectivity index (χ2v) is 4.76. The Labute approximate surface area is 112 Å². The summed E-state index contributed by atoms with van der Waals surface area (Å²) in [6.45, 7) is 3.81. The van der Waals surface area contributed by atoms with Crippen molar-refractivity contribution < 1.29 is 4.79 Å². The predicted molar refractivity (Wildman–Crippen MR) is 73.2 cm³/mol. The molecule has 0 radical (unpaired) electrons. The lowest BCUT2D eigenvalue weighted by Crippen LogP contribution is -2.11. The third-order valence-electron chi connectivity index (χ3n) is 3.05. The molecule has 3 heteroatoms. The molecule has 0 N–H and O–H groups in total. The molecule has 0 aliphatic rings. The summed E-state index contributed by atoms with van der Waals surface area (Å²) >= 11 is 5.90. The van der Waals surface area contributed by atoms with Gasteiger partial charge in [0.15, 0.2) is 5.78 Å². The number of hydrogen-bond donors (Lipinski definition) is 0. The summed E-state index contributed by atoms with van der Waals surface area (Å²) in [5.41, 5.74) is 2.61. The molecule has 0 spiro atoms. The highest BCUT2D eigenvalue weighted by molar-refractivity contribution is 6.30. The SMILES string of the molecule is Cc1cc(Cl)ccc1C(=O)C(C)c1ccncc1. The Morgan fingerprint density at radius 3 is 2.50 bits per heavy atom. The molecule has 0 aliphatic carbocycles. The Balaban J connectivity index is 2.32. The number of aromatic nitrogens is 1. The maximum absolute atomic E-state index is 12.4. The quantitative estimate of drug-likeness (QED) is 0.779. The van der Waals surface area contributed by atoms with Gasteiger partial charge < -0.3 is 0 Å². The lowest BCUT2D eigenvalue weighted by atomic mass is 9.91. The number of nitrogens with zero attached hydrogens (tertiary/aromatic N) is 1. The molecule has 0 saturated carbocycles. The fraction of sp³-hybridized carbons (Fsp3) is 0.200. The molecule has 2 nitrogen and oxygen atoms in total. The minimum absolute atomic E-state index is 0.107. The number of Topliss-reactive ketones (excluding diaryl/α,β-unsaturated/α-hetero) is 1. The number of aryl methyl sites for hydroxylation is 1. The van der Waals surface area contributed by atoms with Crippen LogP contribution in [0.15, 0.2) is 42.7 Å². The minimum atomic E-state index is -0.173. The lowest BCUT2D eigenvalue weighted by molar-refractivity contribution is 0.0965. The highest BCUT2D eigenvalue weighted by Gasteiger charge is 2.18. The summed E-state index contributed by atoms with van der Waals surface area (Å²) in [5.74, 6) is -0.0664. The first kappa shape index (κ1) is 12.8. The van der Waals surface area contributed by atoms with E-state index >= 15 is 0 Å². The van der Waals surface area contributed by atoms with Crippen LogP contribution in [0.5, 0.6) is 0 Å².